The Morgan fingerprint density at radius 2 is 0.860 bits per heavy atom. The first kappa shape index (κ1) is 31.5. The van der Waals surface area contributed by atoms with E-state index < -0.39 is 0 Å². The van der Waals surface area contributed by atoms with Crippen LogP contribution in [0.3, 0.4) is 0 Å². The highest BCUT2D eigenvalue weighted by Gasteiger charge is 2.22. The van der Waals surface area contributed by atoms with Crippen molar-refractivity contribution in [3.05, 3.63) is 182 Å². The average molecular weight is 731 g/mol. The van der Waals surface area contributed by atoms with Crippen molar-refractivity contribution in [2.45, 2.75) is 0 Å². The Balaban J connectivity index is 1.07. The van der Waals surface area contributed by atoms with Crippen LogP contribution in [0, 0.1) is 0 Å². The minimum absolute atomic E-state index is 0.550. The van der Waals surface area contributed by atoms with Crippen molar-refractivity contribution in [3.63, 3.8) is 0 Å². The Morgan fingerprint density at radius 1 is 0.351 bits per heavy atom. The van der Waals surface area contributed by atoms with Crippen molar-refractivity contribution in [3.8, 4) is 51.0 Å². The van der Waals surface area contributed by atoms with E-state index in [9.17, 15) is 0 Å². The molecule has 0 saturated carbocycles. The molecule has 0 aliphatic rings. The van der Waals surface area contributed by atoms with E-state index >= 15 is 0 Å². The van der Waals surface area contributed by atoms with E-state index in [4.69, 9.17) is 23.8 Å². The summed E-state index contributed by atoms with van der Waals surface area (Å²) in [6.07, 6.45) is 0. The predicted octanol–water partition coefficient (Wildman–Crippen LogP) is 13.4. The van der Waals surface area contributed by atoms with Crippen molar-refractivity contribution in [2.24, 2.45) is 0 Å². The first-order valence-electron chi connectivity index (χ1n) is 19.0. The molecule has 0 aliphatic carbocycles. The number of rotatable bonds is 5. The minimum atomic E-state index is 0.550. The first-order valence-corrected chi connectivity index (χ1v) is 19.0. The molecule has 12 aromatic rings. The molecule has 266 valence electrons. The van der Waals surface area contributed by atoms with Gasteiger partial charge in [0.1, 0.15) is 22.3 Å². The third kappa shape index (κ3) is 4.87. The summed E-state index contributed by atoms with van der Waals surface area (Å²) >= 11 is 0. The number of nitrogens with zero attached hydrogens (tertiary/aromatic N) is 4. The van der Waals surface area contributed by atoms with Crippen LogP contribution >= 0.6 is 0 Å². The van der Waals surface area contributed by atoms with E-state index in [1.807, 2.05) is 72.8 Å². The summed E-state index contributed by atoms with van der Waals surface area (Å²) < 4.78 is 15.7. The maximum atomic E-state index is 6.80. The van der Waals surface area contributed by atoms with Gasteiger partial charge in [0.25, 0.3) is 0 Å². The van der Waals surface area contributed by atoms with E-state index in [-0.39, 0.29) is 0 Å². The van der Waals surface area contributed by atoms with Gasteiger partial charge in [0.05, 0.1) is 16.6 Å². The predicted molar refractivity (Wildman–Crippen MR) is 230 cm³/mol. The summed E-state index contributed by atoms with van der Waals surface area (Å²) in [5.74, 6) is 1.76. The number of hydrogen-bond acceptors (Lipinski definition) is 5. The van der Waals surface area contributed by atoms with Crippen LogP contribution in [0.25, 0.3) is 117 Å². The maximum absolute atomic E-state index is 6.80. The zero-order chi connectivity index (χ0) is 37.5. The highest BCUT2D eigenvalue weighted by Crippen LogP contribution is 2.44. The molecule has 0 amide bonds. The van der Waals surface area contributed by atoms with Crippen LogP contribution in [0.4, 0.5) is 0 Å². The van der Waals surface area contributed by atoms with Crippen molar-refractivity contribution >= 4 is 65.7 Å². The van der Waals surface area contributed by atoms with Crippen LogP contribution < -0.4 is 0 Å². The number of hydrogen-bond donors (Lipinski definition) is 0. The molecule has 0 aliphatic heterocycles. The fourth-order valence-electron chi connectivity index (χ4n) is 8.56. The van der Waals surface area contributed by atoms with Gasteiger partial charge in [-0.25, -0.2) is 15.0 Å². The van der Waals surface area contributed by atoms with Gasteiger partial charge in [0.2, 0.25) is 0 Å². The molecule has 0 N–H and O–H groups in total. The summed E-state index contributed by atoms with van der Waals surface area (Å²) in [6.45, 7) is 0. The fourth-order valence-corrected chi connectivity index (χ4v) is 8.56. The summed E-state index contributed by atoms with van der Waals surface area (Å²) in [4.78, 5) is 15.0. The van der Waals surface area contributed by atoms with Crippen LogP contribution in [-0.4, -0.2) is 19.5 Å². The molecule has 57 heavy (non-hydrogen) atoms. The quantitative estimate of drug-likeness (QED) is 0.176. The highest BCUT2D eigenvalue weighted by molar-refractivity contribution is 6.21. The molecule has 0 spiro atoms. The summed E-state index contributed by atoms with van der Waals surface area (Å²) in [5.41, 5.74) is 11.4. The van der Waals surface area contributed by atoms with Gasteiger partial charge < -0.3 is 13.4 Å². The van der Waals surface area contributed by atoms with E-state index in [1.165, 1.54) is 21.8 Å². The Kier molecular flexibility index (Phi) is 6.83. The van der Waals surface area contributed by atoms with Crippen molar-refractivity contribution in [1.29, 1.82) is 0 Å². The SMILES string of the molecule is c1ccc(-c2nc(-c3ccccc3)nc(-c3cccc4c3oc3cccc(-c5cccc6oc7ccc(-n8c9ccccc9c9ccccc98)cc7c56)c34)n2)cc1. The Hall–Kier alpha value is -7.83. The molecule has 6 heteroatoms. The van der Waals surface area contributed by atoms with E-state index in [0.29, 0.717) is 17.5 Å². The van der Waals surface area contributed by atoms with Crippen LogP contribution in [-0.2, 0) is 0 Å². The van der Waals surface area contributed by atoms with Gasteiger partial charge in [0.15, 0.2) is 17.5 Å². The van der Waals surface area contributed by atoms with Gasteiger partial charge >= 0.3 is 0 Å². The zero-order valence-corrected chi connectivity index (χ0v) is 30.4. The molecular weight excluding hydrogens is 701 g/mol. The number of furan rings is 2. The highest BCUT2D eigenvalue weighted by atomic mass is 16.3. The van der Waals surface area contributed by atoms with Crippen LogP contribution in [0.2, 0.25) is 0 Å². The Labute approximate surface area is 325 Å². The Morgan fingerprint density at radius 3 is 1.51 bits per heavy atom. The first-order chi connectivity index (χ1) is 28.3. The molecule has 12 rings (SSSR count). The average Bonchev–Trinajstić information content (AvgIpc) is 3.96. The number of benzene rings is 8. The van der Waals surface area contributed by atoms with E-state index in [2.05, 4.69) is 114 Å². The number of fused-ring (bicyclic) bond motifs is 9. The summed E-state index contributed by atoms with van der Waals surface area (Å²) in [6, 6.07) is 62.6. The second kappa shape index (κ2) is 12.3. The largest absolute Gasteiger partial charge is 0.456 e. The molecule has 6 nitrogen and oxygen atoms in total. The van der Waals surface area contributed by atoms with Gasteiger partial charge in [-0.2, -0.15) is 0 Å². The van der Waals surface area contributed by atoms with E-state index in [1.54, 1.807) is 0 Å². The lowest BCUT2D eigenvalue weighted by Gasteiger charge is -2.09. The molecular formula is C51H30N4O2. The molecule has 0 unspecified atom stereocenters. The third-order valence-electron chi connectivity index (χ3n) is 11.1. The van der Waals surface area contributed by atoms with Crippen molar-refractivity contribution in [2.75, 3.05) is 0 Å². The molecule has 4 heterocycles. The van der Waals surface area contributed by atoms with Gasteiger partial charge in [-0.05, 0) is 59.7 Å². The second-order valence-corrected chi connectivity index (χ2v) is 14.3. The maximum Gasteiger partial charge on any atom is 0.167 e. The van der Waals surface area contributed by atoms with Crippen LogP contribution in [0.5, 0.6) is 0 Å². The van der Waals surface area contributed by atoms with Gasteiger partial charge in [-0.3, -0.25) is 0 Å². The monoisotopic (exact) mass is 730 g/mol. The normalized spacial score (nSPS) is 11.9. The molecule has 8 aromatic carbocycles. The molecule has 0 bridgehead atoms. The second-order valence-electron chi connectivity index (χ2n) is 14.3. The van der Waals surface area contributed by atoms with Crippen LogP contribution in [0.1, 0.15) is 0 Å². The smallest absolute Gasteiger partial charge is 0.167 e. The summed E-state index contributed by atoms with van der Waals surface area (Å²) in [7, 11) is 0. The van der Waals surface area contributed by atoms with E-state index in [0.717, 1.165) is 77.4 Å². The third-order valence-corrected chi connectivity index (χ3v) is 11.1. The number of para-hydroxylation sites is 3. The van der Waals surface area contributed by atoms with Gasteiger partial charge in [0, 0.05) is 49.1 Å². The minimum Gasteiger partial charge on any atom is -0.456 e. The van der Waals surface area contributed by atoms with Crippen molar-refractivity contribution < 1.29 is 8.83 Å². The lowest BCUT2D eigenvalue weighted by Crippen LogP contribution is -2.00. The Bertz CT molecular complexity index is 3410. The topological polar surface area (TPSA) is 69.9 Å². The lowest BCUT2D eigenvalue weighted by molar-refractivity contribution is 0.668. The molecule has 0 radical (unpaired) electrons. The molecule has 4 aromatic heterocycles. The molecule has 0 saturated heterocycles. The standard InChI is InChI=1S/C51H30N4O2/c1-3-14-31(15-4-1)49-52-50(32-16-5-2-6-17-32)54-51(53-49)39-23-11-22-38-46-36(20-13-27-45(46)57-48(38)39)37-21-12-26-44-47(37)40-30-33(28-29-43(40)56-44)55-41-24-9-7-18-34(41)35-19-8-10-25-42(35)55/h1-30H. The molecule has 0 fully saturated rings. The van der Waals surface area contributed by atoms with Gasteiger partial charge in [-0.15, -0.1) is 0 Å². The van der Waals surface area contributed by atoms with Crippen LogP contribution in [0.15, 0.2) is 191 Å². The van der Waals surface area contributed by atoms with Gasteiger partial charge in [-0.1, -0.05) is 133 Å². The number of aromatic nitrogens is 4. The summed E-state index contributed by atoms with van der Waals surface area (Å²) in [5, 5.41) is 6.58. The zero-order valence-electron chi connectivity index (χ0n) is 30.4. The van der Waals surface area contributed by atoms with Crippen molar-refractivity contribution in [1.82, 2.24) is 19.5 Å². The molecule has 0 atom stereocenters. The fraction of sp³-hybridized carbons (Fsp3) is 0. The lowest BCUT2D eigenvalue weighted by atomic mass is 9.95.